The van der Waals surface area contributed by atoms with Crippen LogP contribution in [-0.4, -0.2) is 5.11 Å². The van der Waals surface area contributed by atoms with Gasteiger partial charge >= 0.3 is 0 Å². The summed E-state index contributed by atoms with van der Waals surface area (Å²) in [4.78, 5) is 0. The molecule has 0 unspecified atom stereocenters. The first-order chi connectivity index (χ1) is 17.3. The van der Waals surface area contributed by atoms with Crippen molar-refractivity contribution < 1.29 is 5.11 Å². The van der Waals surface area contributed by atoms with Crippen molar-refractivity contribution >= 4 is 43.1 Å². The molecule has 7 rings (SSSR count). The SMILES string of the molecule is Oc1ccc2ccccc2c1-c1ccc(-c2ccc3c4ccccc4c4ccccc4c3c2)cc1. The van der Waals surface area contributed by atoms with Crippen LogP contribution in [0.25, 0.3) is 65.3 Å². The molecule has 1 nitrogen and oxygen atoms in total. The molecule has 0 radical (unpaired) electrons. The van der Waals surface area contributed by atoms with Gasteiger partial charge in [-0.25, -0.2) is 0 Å². The fourth-order valence-corrected chi connectivity index (χ4v) is 5.48. The summed E-state index contributed by atoms with van der Waals surface area (Å²) < 4.78 is 0. The van der Waals surface area contributed by atoms with Crippen LogP contribution in [-0.2, 0) is 0 Å². The summed E-state index contributed by atoms with van der Waals surface area (Å²) in [5.41, 5.74) is 4.24. The van der Waals surface area contributed by atoms with Crippen molar-refractivity contribution in [3.8, 4) is 28.0 Å². The Morgan fingerprint density at radius 1 is 0.343 bits per heavy atom. The molecule has 0 aromatic heterocycles. The van der Waals surface area contributed by atoms with Gasteiger partial charge in [-0.05, 0) is 71.9 Å². The lowest BCUT2D eigenvalue weighted by Crippen LogP contribution is -1.86. The van der Waals surface area contributed by atoms with Crippen molar-refractivity contribution in [3.05, 3.63) is 127 Å². The number of benzene rings is 7. The van der Waals surface area contributed by atoms with E-state index in [0.717, 1.165) is 27.5 Å². The molecule has 0 atom stereocenters. The Morgan fingerprint density at radius 2 is 0.829 bits per heavy atom. The van der Waals surface area contributed by atoms with Gasteiger partial charge in [0, 0.05) is 5.56 Å². The highest BCUT2D eigenvalue weighted by Crippen LogP contribution is 2.39. The van der Waals surface area contributed by atoms with Gasteiger partial charge in [0.2, 0.25) is 0 Å². The van der Waals surface area contributed by atoms with Crippen molar-refractivity contribution in [2.75, 3.05) is 0 Å². The van der Waals surface area contributed by atoms with E-state index in [-0.39, 0.29) is 0 Å². The van der Waals surface area contributed by atoms with E-state index in [1.54, 1.807) is 6.07 Å². The van der Waals surface area contributed by atoms with Gasteiger partial charge in [0.25, 0.3) is 0 Å². The summed E-state index contributed by atoms with van der Waals surface area (Å²) >= 11 is 0. The minimum absolute atomic E-state index is 0.306. The van der Waals surface area contributed by atoms with Crippen LogP contribution in [0.5, 0.6) is 5.75 Å². The van der Waals surface area contributed by atoms with Gasteiger partial charge in [0.1, 0.15) is 5.75 Å². The molecule has 7 aromatic carbocycles. The zero-order chi connectivity index (χ0) is 23.4. The second kappa shape index (κ2) is 7.72. The number of phenols is 1. The van der Waals surface area contributed by atoms with Crippen molar-refractivity contribution in [2.24, 2.45) is 0 Å². The van der Waals surface area contributed by atoms with Gasteiger partial charge < -0.3 is 5.11 Å². The predicted molar refractivity (Wildman–Crippen MR) is 149 cm³/mol. The zero-order valence-corrected chi connectivity index (χ0v) is 19.1. The number of fused-ring (bicyclic) bond motifs is 7. The minimum atomic E-state index is 0.306. The molecule has 7 aromatic rings. The Labute approximate surface area is 203 Å². The van der Waals surface area contributed by atoms with Crippen LogP contribution in [0.1, 0.15) is 0 Å². The lowest BCUT2D eigenvalue weighted by Gasteiger charge is -2.13. The molecule has 0 aliphatic heterocycles. The van der Waals surface area contributed by atoms with E-state index in [0.29, 0.717) is 5.75 Å². The highest BCUT2D eigenvalue weighted by Gasteiger charge is 2.12. The highest BCUT2D eigenvalue weighted by molar-refractivity contribution is 6.25. The number of hydrogen-bond donors (Lipinski definition) is 1. The van der Waals surface area contributed by atoms with E-state index in [1.807, 2.05) is 18.2 Å². The van der Waals surface area contributed by atoms with Crippen LogP contribution in [0.2, 0.25) is 0 Å². The third kappa shape index (κ3) is 3.09. The van der Waals surface area contributed by atoms with E-state index in [9.17, 15) is 5.11 Å². The first-order valence-electron chi connectivity index (χ1n) is 11.9. The molecule has 0 fully saturated rings. The summed E-state index contributed by atoms with van der Waals surface area (Å²) in [7, 11) is 0. The quantitative estimate of drug-likeness (QED) is 0.262. The molecule has 0 saturated heterocycles. The maximum absolute atomic E-state index is 10.7. The van der Waals surface area contributed by atoms with E-state index in [4.69, 9.17) is 0 Å². The molecule has 35 heavy (non-hydrogen) atoms. The van der Waals surface area contributed by atoms with Gasteiger partial charge in [0.15, 0.2) is 0 Å². The normalized spacial score (nSPS) is 11.5. The molecule has 1 heteroatoms. The van der Waals surface area contributed by atoms with Gasteiger partial charge in [0.05, 0.1) is 0 Å². The van der Waals surface area contributed by atoms with Crippen LogP contribution in [0.3, 0.4) is 0 Å². The fourth-order valence-electron chi connectivity index (χ4n) is 5.48. The Balaban J connectivity index is 1.40. The number of rotatable bonds is 2. The van der Waals surface area contributed by atoms with E-state index in [2.05, 4.69) is 103 Å². The average molecular weight is 447 g/mol. The van der Waals surface area contributed by atoms with Crippen molar-refractivity contribution in [1.82, 2.24) is 0 Å². The van der Waals surface area contributed by atoms with Crippen molar-refractivity contribution in [3.63, 3.8) is 0 Å². The topological polar surface area (TPSA) is 20.2 Å². The Morgan fingerprint density at radius 3 is 1.49 bits per heavy atom. The molecule has 0 saturated carbocycles. The standard InChI is InChI=1S/C34H22O/c35-33-20-18-23-7-1-2-8-26(23)34(33)24-15-13-22(14-16-24)25-17-19-31-29-11-4-3-9-27(29)28-10-5-6-12-30(28)32(31)21-25/h1-21,35H. The van der Waals surface area contributed by atoms with Crippen LogP contribution in [0.4, 0.5) is 0 Å². The number of aromatic hydroxyl groups is 1. The van der Waals surface area contributed by atoms with Crippen molar-refractivity contribution in [1.29, 1.82) is 0 Å². The van der Waals surface area contributed by atoms with E-state index < -0.39 is 0 Å². The molecule has 0 heterocycles. The smallest absolute Gasteiger partial charge is 0.124 e. The largest absolute Gasteiger partial charge is 0.507 e. The second-order valence-corrected chi connectivity index (χ2v) is 9.11. The number of hydrogen-bond acceptors (Lipinski definition) is 1. The molecular weight excluding hydrogens is 424 g/mol. The molecular formula is C34H22O. The van der Waals surface area contributed by atoms with Gasteiger partial charge in [-0.1, -0.05) is 115 Å². The lowest BCUT2D eigenvalue weighted by molar-refractivity contribution is 0.478. The maximum atomic E-state index is 10.7. The summed E-state index contributed by atoms with van der Waals surface area (Å²) in [6.07, 6.45) is 0. The van der Waals surface area contributed by atoms with Crippen LogP contribution >= 0.6 is 0 Å². The molecule has 1 N–H and O–H groups in total. The van der Waals surface area contributed by atoms with Crippen LogP contribution < -0.4 is 0 Å². The number of phenolic OH excluding ortho intramolecular Hbond substituents is 1. The Kier molecular flexibility index (Phi) is 4.37. The minimum Gasteiger partial charge on any atom is -0.507 e. The summed E-state index contributed by atoms with van der Waals surface area (Å²) in [5.74, 6) is 0.306. The Bertz CT molecular complexity index is 1860. The molecule has 0 aliphatic carbocycles. The average Bonchev–Trinajstić information content (AvgIpc) is 2.93. The molecule has 0 aliphatic rings. The molecule has 0 spiro atoms. The third-order valence-corrected chi connectivity index (χ3v) is 7.16. The van der Waals surface area contributed by atoms with E-state index in [1.165, 1.54) is 37.9 Å². The molecule has 0 bridgehead atoms. The predicted octanol–water partition coefficient (Wildman–Crippen LogP) is 9.34. The van der Waals surface area contributed by atoms with Gasteiger partial charge in [-0.15, -0.1) is 0 Å². The summed E-state index contributed by atoms with van der Waals surface area (Å²) in [5, 5.41) is 20.5. The third-order valence-electron chi connectivity index (χ3n) is 7.16. The van der Waals surface area contributed by atoms with Crippen LogP contribution in [0.15, 0.2) is 127 Å². The fraction of sp³-hybridized carbons (Fsp3) is 0. The monoisotopic (exact) mass is 446 g/mol. The molecule has 164 valence electrons. The lowest BCUT2D eigenvalue weighted by atomic mass is 9.91. The van der Waals surface area contributed by atoms with Gasteiger partial charge in [-0.3, -0.25) is 0 Å². The molecule has 0 amide bonds. The first-order valence-corrected chi connectivity index (χ1v) is 11.9. The highest BCUT2D eigenvalue weighted by atomic mass is 16.3. The summed E-state index contributed by atoms with van der Waals surface area (Å²) in [6.45, 7) is 0. The second-order valence-electron chi connectivity index (χ2n) is 9.11. The first kappa shape index (κ1) is 19.8. The van der Waals surface area contributed by atoms with Gasteiger partial charge in [-0.2, -0.15) is 0 Å². The van der Waals surface area contributed by atoms with Crippen molar-refractivity contribution in [2.45, 2.75) is 0 Å². The summed E-state index contributed by atoms with van der Waals surface area (Å²) in [6, 6.07) is 44.6. The maximum Gasteiger partial charge on any atom is 0.124 e. The van der Waals surface area contributed by atoms with E-state index >= 15 is 0 Å². The Hall–Kier alpha value is -4.62. The zero-order valence-electron chi connectivity index (χ0n) is 19.1. The van der Waals surface area contributed by atoms with Crippen LogP contribution in [0, 0.1) is 0 Å².